The Labute approximate surface area is 201 Å². The number of amides is 2. The molecule has 10 heteroatoms. The van der Waals surface area contributed by atoms with Crippen LogP contribution in [-0.2, 0) is 20.7 Å². The topological polar surface area (TPSA) is 73.9 Å². The zero-order valence-electron chi connectivity index (χ0n) is 19.6. The first-order valence-electron chi connectivity index (χ1n) is 11.2. The molecule has 3 atom stereocenters. The number of hydrogen-bond acceptors (Lipinski definition) is 5. The summed E-state index contributed by atoms with van der Waals surface area (Å²) in [6, 6.07) is 13.5. The van der Waals surface area contributed by atoms with Crippen LogP contribution in [0.1, 0.15) is 24.0 Å². The van der Waals surface area contributed by atoms with Crippen molar-refractivity contribution in [2.24, 2.45) is 0 Å². The molecule has 0 radical (unpaired) electrons. The lowest BCUT2D eigenvalue weighted by molar-refractivity contribution is -0.161. The van der Waals surface area contributed by atoms with E-state index >= 15 is 0 Å². The zero-order valence-corrected chi connectivity index (χ0v) is 19.6. The average Bonchev–Trinajstić information content (AvgIpc) is 3.23. The summed E-state index contributed by atoms with van der Waals surface area (Å²) < 4.78 is 47.0. The van der Waals surface area contributed by atoms with Crippen molar-refractivity contribution >= 4 is 17.5 Å². The minimum Gasteiger partial charge on any atom is -0.384 e. The van der Waals surface area contributed by atoms with Gasteiger partial charge in [-0.3, -0.25) is 9.59 Å². The molecule has 1 fully saturated rings. The second kappa shape index (κ2) is 9.71. The van der Waals surface area contributed by atoms with E-state index in [9.17, 15) is 22.8 Å². The maximum absolute atomic E-state index is 14.0. The van der Waals surface area contributed by atoms with Gasteiger partial charge in [0.15, 0.2) is 0 Å². The van der Waals surface area contributed by atoms with Crippen LogP contribution >= 0.6 is 0 Å². The lowest BCUT2D eigenvalue weighted by Gasteiger charge is -2.35. The number of benzene rings is 2. The van der Waals surface area contributed by atoms with Crippen molar-refractivity contribution in [2.75, 3.05) is 25.7 Å². The third kappa shape index (κ3) is 4.76. The summed E-state index contributed by atoms with van der Waals surface area (Å²) in [5.74, 6) is -2.51. The molecule has 35 heavy (non-hydrogen) atoms. The molecule has 1 saturated heterocycles. The Hall–Kier alpha value is -3.37. The number of rotatable bonds is 6. The fourth-order valence-electron chi connectivity index (χ4n) is 4.57. The highest BCUT2D eigenvalue weighted by Crippen LogP contribution is 2.41. The Morgan fingerprint density at radius 1 is 1.14 bits per heavy atom. The Kier molecular flexibility index (Phi) is 6.86. The van der Waals surface area contributed by atoms with Crippen molar-refractivity contribution in [1.29, 1.82) is 0 Å². The summed E-state index contributed by atoms with van der Waals surface area (Å²) >= 11 is 0. The number of hydrogen-bond donors (Lipinski definition) is 2. The summed E-state index contributed by atoms with van der Waals surface area (Å²) in [5.41, 5.74) is 4.28. The Morgan fingerprint density at radius 2 is 1.86 bits per heavy atom. The maximum Gasteiger partial charge on any atom is 0.406 e. The van der Waals surface area contributed by atoms with Crippen molar-refractivity contribution < 1.29 is 27.5 Å². The molecule has 0 bridgehead atoms. The molecule has 0 saturated carbocycles. The number of allylic oxidation sites excluding steroid dienone is 1. The van der Waals surface area contributed by atoms with Crippen LogP contribution in [0.2, 0.25) is 0 Å². The largest absolute Gasteiger partial charge is 0.406 e. The van der Waals surface area contributed by atoms with E-state index in [4.69, 9.17) is 4.74 Å². The van der Waals surface area contributed by atoms with Gasteiger partial charge in [0.05, 0.1) is 12.5 Å². The van der Waals surface area contributed by atoms with Gasteiger partial charge in [-0.25, -0.2) is 10.4 Å². The van der Waals surface area contributed by atoms with Crippen LogP contribution in [0.25, 0.3) is 0 Å². The molecular formula is C25H27F3N4O3. The van der Waals surface area contributed by atoms with Crippen LogP contribution < -0.4 is 15.6 Å². The van der Waals surface area contributed by atoms with Crippen LogP contribution in [0.3, 0.4) is 0 Å². The van der Waals surface area contributed by atoms with Crippen molar-refractivity contribution in [3.05, 3.63) is 77.0 Å². The number of halogens is 3. The van der Waals surface area contributed by atoms with Crippen molar-refractivity contribution in [1.82, 2.24) is 15.8 Å². The zero-order chi connectivity index (χ0) is 25.3. The summed E-state index contributed by atoms with van der Waals surface area (Å²) in [7, 11) is 3.13. The van der Waals surface area contributed by atoms with Gasteiger partial charge in [0.1, 0.15) is 17.8 Å². The minimum absolute atomic E-state index is 0.215. The summed E-state index contributed by atoms with van der Waals surface area (Å²) in [6.45, 7) is 2.05. The lowest BCUT2D eigenvalue weighted by atomic mass is 9.89. The molecular weight excluding hydrogens is 461 g/mol. The number of carbonyl (C=O) groups is 2. The lowest BCUT2D eigenvalue weighted by Crippen LogP contribution is -2.56. The van der Waals surface area contributed by atoms with Gasteiger partial charge in [0, 0.05) is 25.5 Å². The molecule has 4 rings (SSSR count). The van der Waals surface area contributed by atoms with Crippen molar-refractivity contribution in [3.8, 4) is 0 Å². The van der Waals surface area contributed by atoms with E-state index < -0.39 is 36.1 Å². The van der Waals surface area contributed by atoms with E-state index in [0.717, 1.165) is 10.6 Å². The second-order valence-electron chi connectivity index (χ2n) is 8.63. The number of ether oxygens (including phenoxy) is 1. The van der Waals surface area contributed by atoms with Crippen molar-refractivity contribution in [3.63, 3.8) is 0 Å². The van der Waals surface area contributed by atoms with E-state index in [1.54, 1.807) is 49.6 Å². The molecule has 2 heterocycles. The monoisotopic (exact) mass is 488 g/mol. The fraction of sp³-hybridized carbons (Fsp3) is 0.360. The van der Waals surface area contributed by atoms with Gasteiger partial charge in [0.25, 0.3) is 11.8 Å². The number of carbonyl (C=O) groups excluding carboxylic acids is 2. The Bertz CT molecular complexity index is 1140. The number of nitrogens with zero attached hydrogens (tertiary/aromatic N) is 2. The van der Waals surface area contributed by atoms with Gasteiger partial charge in [0.2, 0.25) is 0 Å². The highest BCUT2D eigenvalue weighted by Gasteiger charge is 2.58. The van der Waals surface area contributed by atoms with E-state index in [0.29, 0.717) is 24.3 Å². The van der Waals surface area contributed by atoms with E-state index in [2.05, 4.69) is 10.7 Å². The van der Waals surface area contributed by atoms with Gasteiger partial charge >= 0.3 is 6.18 Å². The first kappa shape index (κ1) is 24.7. The predicted octanol–water partition coefficient (Wildman–Crippen LogP) is 3.10. The highest BCUT2D eigenvalue weighted by molar-refractivity contribution is 6.24. The van der Waals surface area contributed by atoms with Crippen molar-refractivity contribution in [2.45, 2.75) is 37.6 Å². The van der Waals surface area contributed by atoms with Gasteiger partial charge in [-0.05, 0) is 36.6 Å². The van der Waals surface area contributed by atoms with Gasteiger partial charge in [-0.15, -0.1) is 0 Å². The Balaban J connectivity index is 1.64. The summed E-state index contributed by atoms with van der Waals surface area (Å²) in [4.78, 5) is 28.1. The van der Waals surface area contributed by atoms with E-state index in [1.165, 1.54) is 18.9 Å². The third-order valence-electron chi connectivity index (χ3n) is 6.38. The molecule has 0 spiro atoms. The van der Waals surface area contributed by atoms with Crippen LogP contribution in [0.4, 0.5) is 18.9 Å². The van der Waals surface area contributed by atoms with Crippen LogP contribution in [-0.4, -0.2) is 56.0 Å². The summed E-state index contributed by atoms with van der Waals surface area (Å²) in [5, 5.41) is 3.90. The van der Waals surface area contributed by atoms with E-state index in [-0.39, 0.29) is 11.3 Å². The normalized spacial score (nSPS) is 22.2. The number of likely N-dealkylation sites (N-methyl/N-ethyl adjacent to an activating group) is 1. The number of methoxy groups -OCH3 is 1. The average molecular weight is 489 g/mol. The molecule has 3 unspecified atom stereocenters. The SMILES string of the molecule is COCCc1cccc(N(C)C(=O)C2=C(C)NC3C(c4ccccc4)C(C(F)(F)F)NN3C2=O)c1. The van der Waals surface area contributed by atoms with Gasteiger partial charge in [-0.2, -0.15) is 13.2 Å². The number of alkyl halides is 3. The quantitative estimate of drug-likeness (QED) is 0.612. The first-order chi connectivity index (χ1) is 16.6. The van der Waals surface area contributed by atoms with Gasteiger partial charge in [-0.1, -0.05) is 42.5 Å². The molecule has 2 aliphatic heterocycles. The molecule has 2 aromatic carbocycles. The third-order valence-corrected chi connectivity index (χ3v) is 6.38. The van der Waals surface area contributed by atoms with E-state index in [1.807, 2.05) is 12.1 Å². The highest BCUT2D eigenvalue weighted by atomic mass is 19.4. The fourth-order valence-corrected chi connectivity index (χ4v) is 4.57. The van der Waals surface area contributed by atoms with Crippen LogP contribution in [0, 0.1) is 0 Å². The number of nitrogens with one attached hydrogen (secondary N) is 2. The van der Waals surface area contributed by atoms with Gasteiger partial charge < -0.3 is 15.0 Å². The molecule has 186 valence electrons. The molecule has 0 aromatic heterocycles. The molecule has 2 amide bonds. The number of hydrazine groups is 1. The molecule has 0 aliphatic carbocycles. The number of fused-ring (bicyclic) bond motifs is 1. The Morgan fingerprint density at radius 3 is 2.51 bits per heavy atom. The number of anilines is 1. The molecule has 2 aromatic rings. The standard InChI is InChI=1S/C25H27F3N4O3/c1-15-19(23(33)31(2)18-11-7-8-16(14-18)12-13-35-3)24(34)32-22(29-15)20(17-9-5-4-6-10-17)21(30-32)25(26,27)28/h4-11,14,20-22,29-30H,12-13H2,1-3H3. The van der Waals surface area contributed by atoms with Crippen LogP contribution in [0.15, 0.2) is 65.9 Å². The maximum atomic E-state index is 14.0. The first-order valence-corrected chi connectivity index (χ1v) is 11.2. The smallest absolute Gasteiger partial charge is 0.384 e. The predicted molar refractivity (Wildman–Crippen MR) is 124 cm³/mol. The summed E-state index contributed by atoms with van der Waals surface area (Å²) in [6.07, 6.45) is -4.97. The molecule has 2 aliphatic rings. The second-order valence-corrected chi connectivity index (χ2v) is 8.63. The minimum atomic E-state index is -4.61. The molecule has 7 nitrogen and oxygen atoms in total. The van der Waals surface area contributed by atoms with Crippen LogP contribution in [0.5, 0.6) is 0 Å². The molecule has 2 N–H and O–H groups in total.